The fraction of sp³-hybridized carbons (Fsp3) is 0.692. The molecule has 108 valence electrons. The zero-order chi connectivity index (χ0) is 14.3. The van der Waals surface area contributed by atoms with Crippen molar-refractivity contribution in [3.05, 3.63) is 21.9 Å². The van der Waals surface area contributed by atoms with Gasteiger partial charge in [-0.25, -0.2) is 4.79 Å². The Hall–Kier alpha value is -1.56. The lowest BCUT2D eigenvalue weighted by molar-refractivity contribution is -0.121. The first kappa shape index (κ1) is 15.5. The molecule has 0 saturated heterocycles. The number of aromatic nitrogens is 2. The van der Waals surface area contributed by atoms with Crippen molar-refractivity contribution in [3.8, 4) is 0 Å². The number of carbonyl (C=O) groups excluding carboxylic acids is 1. The maximum absolute atomic E-state index is 11.6. The van der Waals surface area contributed by atoms with Gasteiger partial charge in [0.25, 0.3) is 0 Å². The highest BCUT2D eigenvalue weighted by atomic mass is 16.3. The number of unbranched alkanes of at least 4 members (excludes halogenated alkanes) is 2. The molecule has 6 heteroatoms. The van der Waals surface area contributed by atoms with Crippen molar-refractivity contribution in [2.75, 3.05) is 13.2 Å². The Kier molecular flexibility index (Phi) is 6.35. The number of hydrogen-bond acceptors (Lipinski definition) is 3. The number of aromatic amines is 1. The van der Waals surface area contributed by atoms with E-state index >= 15 is 0 Å². The molecule has 1 amide bonds. The molecule has 0 bridgehead atoms. The van der Waals surface area contributed by atoms with Crippen LogP contribution in [0, 0.1) is 13.8 Å². The van der Waals surface area contributed by atoms with Crippen LogP contribution in [0.25, 0.3) is 0 Å². The number of H-pyrrole nitrogens is 1. The summed E-state index contributed by atoms with van der Waals surface area (Å²) in [5, 5.41) is 11.4. The second kappa shape index (κ2) is 7.78. The number of rotatable bonds is 8. The summed E-state index contributed by atoms with van der Waals surface area (Å²) in [5.41, 5.74) is 1.56. The molecule has 0 aromatic carbocycles. The highest BCUT2D eigenvalue weighted by Crippen LogP contribution is 2.01. The summed E-state index contributed by atoms with van der Waals surface area (Å²) in [6, 6.07) is 0. The molecule has 1 heterocycles. The van der Waals surface area contributed by atoms with E-state index < -0.39 is 0 Å². The number of amides is 1. The van der Waals surface area contributed by atoms with Gasteiger partial charge in [0, 0.05) is 37.5 Å². The second-order valence-electron chi connectivity index (χ2n) is 4.68. The highest BCUT2D eigenvalue weighted by Gasteiger charge is 2.08. The molecule has 1 aromatic rings. The molecular formula is C13H23N3O3. The lowest BCUT2D eigenvalue weighted by Crippen LogP contribution is -2.27. The summed E-state index contributed by atoms with van der Waals surface area (Å²) < 4.78 is 1.58. The first-order valence-electron chi connectivity index (χ1n) is 6.70. The van der Waals surface area contributed by atoms with E-state index in [1.807, 2.05) is 13.8 Å². The zero-order valence-electron chi connectivity index (χ0n) is 11.7. The van der Waals surface area contributed by atoms with Crippen molar-refractivity contribution < 1.29 is 9.90 Å². The summed E-state index contributed by atoms with van der Waals surface area (Å²) in [7, 11) is 0. The minimum atomic E-state index is -0.161. The normalized spacial score (nSPS) is 10.7. The van der Waals surface area contributed by atoms with Crippen molar-refractivity contribution in [3.63, 3.8) is 0 Å². The molecule has 0 aliphatic rings. The SMILES string of the molecule is Cc1[nH]c(=O)n(CCC(=O)NCCCCCO)c1C. The predicted molar refractivity (Wildman–Crippen MR) is 73.1 cm³/mol. The fourth-order valence-electron chi connectivity index (χ4n) is 1.89. The Morgan fingerprint density at radius 1 is 1.32 bits per heavy atom. The second-order valence-corrected chi connectivity index (χ2v) is 4.68. The first-order valence-corrected chi connectivity index (χ1v) is 6.70. The van der Waals surface area contributed by atoms with Crippen LogP contribution < -0.4 is 11.0 Å². The third-order valence-electron chi connectivity index (χ3n) is 3.21. The topological polar surface area (TPSA) is 87.1 Å². The molecule has 0 radical (unpaired) electrons. The smallest absolute Gasteiger partial charge is 0.325 e. The molecule has 19 heavy (non-hydrogen) atoms. The van der Waals surface area contributed by atoms with Gasteiger partial charge in [0.15, 0.2) is 0 Å². The molecule has 0 spiro atoms. The van der Waals surface area contributed by atoms with Crippen molar-refractivity contribution in [1.82, 2.24) is 14.9 Å². The molecular weight excluding hydrogens is 246 g/mol. The van der Waals surface area contributed by atoms with Gasteiger partial charge < -0.3 is 15.4 Å². The van der Waals surface area contributed by atoms with Gasteiger partial charge >= 0.3 is 5.69 Å². The van der Waals surface area contributed by atoms with Crippen molar-refractivity contribution >= 4 is 5.91 Å². The van der Waals surface area contributed by atoms with Gasteiger partial charge in [-0.05, 0) is 33.1 Å². The average molecular weight is 269 g/mol. The fourth-order valence-corrected chi connectivity index (χ4v) is 1.89. The summed E-state index contributed by atoms with van der Waals surface area (Å²) in [4.78, 5) is 25.9. The molecule has 0 saturated carbocycles. The highest BCUT2D eigenvalue weighted by molar-refractivity contribution is 5.75. The molecule has 0 aliphatic heterocycles. The van der Waals surface area contributed by atoms with Crippen LogP contribution in [-0.4, -0.2) is 33.7 Å². The molecule has 1 rings (SSSR count). The van der Waals surface area contributed by atoms with Crippen LogP contribution in [0.15, 0.2) is 4.79 Å². The Morgan fingerprint density at radius 3 is 2.63 bits per heavy atom. The largest absolute Gasteiger partial charge is 0.396 e. The van der Waals surface area contributed by atoms with Crippen LogP contribution in [0.1, 0.15) is 37.1 Å². The number of nitrogens with zero attached hydrogens (tertiary/aromatic N) is 1. The number of aliphatic hydroxyl groups is 1. The number of imidazole rings is 1. The lowest BCUT2D eigenvalue weighted by Gasteiger charge is -2.06. The number of aliphatic hydroxyl groups excluding tert-OH is 1. The summed E-state index contributed by atoms with van der Waals surface area (Å²) >= 11 is 0. The van der Waals surface area contributed by atoms with Crippen molar-refractivity contribution in [1.29, 1.82) is 0 Å². The monoisotopic (exact) mass is 269 g/mol. The Bertz CT molecular complexity index is 462. The number of aryl methyl sites for hydroxylation is 1. The van der Waals surface area contributed by atoms with E-state index in [0.717, 1.165) is 30.7 Å². The van der Waals surface area contributed by atoms with Crippen LogP contribution in [0.4, 0.5) is 0 Å². The summed E-state index contributed by atoms with van der Waals surface area (Å²) in [6.07, 6.45) is 2.85. The quantitative estimate of drug-likeness (QED) is 0.599. The van der Waals surface area contributed by atoms with Gasteiger partial charge in [-0.15, -0.1) is 0 Å². The van der Waals surface area contributed by atoms with E-state index in [9.17, 15) is 9.59 Å². The van der Waals surface area contributed by atoms with E-state index in [-0.39, 0.29) is 18.2 Å². The van der Waals surface area contributed by atoms with Gasteiger partial charge in [0.2, 0.25) is 5.91 Å². The molecule has 0 atom stereocenters. The summed E-state index contributed by atoms with van der Waals surface area (Å²) in [5.74, 6) is -0.0471. The lowest BCUT2D eigenvalue weighted by atomic mass is 10.2. The van der Waals surface area contributed by atoms with E-state index in [2.05, 4.69) is 10.3 Å². The Morgan fingerprint density at radius 2 is 2.05 bits per heavy atom. The Labute approximate surface area is 112 Å². The number of nitrogens with one attached hydrogen (secondary N) is 2. The zero-order valence-corrected chi connectivity index (χ0v) is 11.7. The van der Waals surface area contributed by atoms with Crippen molar-refractivity contribution in [2.45, 2.75) is 46.1 Å². The van der Waals surface area contributed by atoms with Gasteiger partial charge in [-0.2, -0.15) is 0 Å². The van der Waals surface area contributed by atoms with E-state index in [1.165, 1.54) is 0 Å². The molecule has 3 N–H and O–H groups in total. The van der Waals surface area contributed by atoms with Crippen molar-refractivity contribution in [2.24, 2.45) is 0 Å². The molecule has 0 fully saturated rings. The molecule has 0 unspecified atom stereocenters. The first-order chi connectivity index (χ1) is 9.06. The molecule has 0 aliphatic carbocycles. The third-order valence-corrected chi connectivity index (χ3v) is 3.21. The maximum atomic E-state index is 11.6. The molecule has 6 nitrogen and oxygen atoms in total. The van der Waals surface area contributed by atoms with Crippen LogP contribution >= 0.6 is 0 Å². The number of carbonyl (C=O) groups is 1. The van der Waals surface area contributed by atoms with Crippen LogP contribution in [-0.2, 0) is 11.3 Å². The minimum Gasteiger partial charge on any atom is -0.396 e. The average Bonchev–Trinajstić information content (AvgIpc) is 2.61. The van der Waals surface area contributed by atoms with Crippen LogP contribution in [0.3, 0.4) is 0 Å². The van der Waals surface area contributed by atoms with Crippen LogP contribution in [0.2, 0.25) is 0 Å². The molecule has 1 aromatic heterocycles. The van der Waals surface area contributed by atoms with Gasteiger partial charge in [-0.3, -0.25) is 9.36 Å². The standard InChI is InChI=1S/C13H23N3O3/c1-10-11(2)16(13(19)15-10)8-6-12(18)14-7-4-3-5-9-17/h17H,3-9H2,1-2H3,(H,14,18)(H,15,19). The predicted octanol–water partition coefficient (Wildman–Crippen LogP) is 0.462. The number of hydrogen-bond donors (Lipinski definition) is 3. The van der Waals surface area contributed by atoms with E-state index in [0.29, 0.717) is 19.5 Å². The van der Waals surface area contributed by atoms with E-state index in [4.69, 9.17) is 5.11 Å². The van der Waals surface area contributed by atoms with E-state index in [1.54, 1.807) is 4.57 Å². The van der Waals surface area contributed by atoms with Crippen LogP contribution in [0.5, 0.6) is 0 Å². The Balaban J connectivity index is 2.28. The van der Waals surface area contributed by atoms with Gasteiger partial charge in [0.1, 0.15) is 0 Å². The minimum absolute atomic E-state index is 0.0471. The maximum Gasteiger partial charge on any atom is 0.325 e. The van der Waals surface area contributed by atoms with Gasteiger partial charge in [-0.1, -0.05) is 0 Å². The summed E-state index contributed by atoms with van der Waals surface area (Å²) in [6.45, 7) is 4.92. The third kappa shape index (κ3) is 4.90. The van der Waals surface area contributed by atoms with Gasteiger partial charge in [0.05, 0.1) is 0 Å².